The summed E-state index contributed by atoms with van der Waals surface area (Å²) in [6.45, 7) is 3.24. The molecule has 2 aromatic rings. The van der Waals surface area contributed by atoms with Gasteiger partial charge in [-0.2, -0.15) is 0 Å². The van der Waals surface area contributed by atoms with E-state index in [1.165, 1.54) is 0 Å². The molecule has 0 bridgehead atoms. The zero-order valence-corrected chi connectivity index (χ0v) is 15.5. The summed E-state index contributed by atoms with van der Waals surface area (Å²) in [6.07, 6.45) is 4.72. The van der Waals surface area contributed by atoms with Crippen molar-refractivity contribution in [1.82, 2.24) is 15.2 Å². The van der Waals surface area contributed by atoms with Gasteiger partial charge in [0.1, 0.15) is 6.04 Å². The second-order valence-electron chi connectivity index (χ2n) is 7.13. The number of amides is 2. The molecule has 2 heterocycles. The van der Waals surface area contributed by atoms with Crippen LogP contribution in [0.4, 0.5) is 0 Å². The van der Waals surface area contributed by atoms with Crippen LogP contribution in [0.3, 0.4) is 0 Å². The molecule has 1 aromatic heterocycles. The van der Waals surface area contributed by atoms with Crippen LogP contribution in [0.25, 0.3) is 0 Å². The van der Waals surface area contributed by atoms with E-state index in [-0.39, 0.29) is 17.9 Å². The normalized spacial score (nSPS) is 20.3. The van der Waals surface area contributed by atoms with Crippen molar-refractivity contribution in [1.29, 1.82) is 0 Å². The minimum atomic E-state index is -0.638. The number of nitrogens with one attached hydrogen (secondary N) is 1. The quantitative estimate of drug-likeness (QED) is 0.813. The predicted molar refractivity (Wildman–Crippen MR) is 104 cm³/mol. The Kier molecular flexibility index (Phi) is 6.19. The Bertz CT molecular complexity index is 766. The highest BCUT2D eigenvalue weighted by molar-refractivity contribution is 5.97. The van der Waals surface area contributed by atoms with Crippen LogP contribution in [0.5, 0.6) is 0 Å². The molecule has 0 radical (unpaired) electrons. The Morgan fingerprint density at radius 3 is 2.67 bits per heavy atom. The number of carbonyl (C=O) groups is 2. The first-order valence-corrected chi connectivity index (χ1v) is 9.34. The van der Waals surface area contributed by atoms with E-state index in [1.54, 1.807) is 36.7 Å². The lowest BCUT2D eigenvalue weighted by molar-refractivity contribution is -0.133. The predicted octanol–water partition coefficient (Wildman–Crippen LogP) is 1.62. The van der Waals surface area contributed by atoms with E-state index in [0.29, 0.717) is 31.0 Å². The number of pyridine rings is 1. The zero-order chi connectivity index (χ0) is 19.2. The van der Waals surface area contributed by atoms with E-state index < -0.39 is 6.04 Å². The van der Waals surface area contributed by atoms with Crippen molar-refractivity contribution in [2.45, 2.75) is 31.8 Å². The summed E-state index contributed by atoms with van der Waals surface area (Å²) < 4.78 is 0. The highest BCUT2D eigenvalue weighted by Crippen LogP contribution is 2.23. The van der Waals surface area contributed by atoms with E-state index in [0.717, 1.165) is 12.0 Å². The van der Waals surface area contributed by atoms with Crippen molar-refractivity contribution < 1.29 is 9.59 Å². The van der Waals surface area contributed by atoms with Gasteiger partial charge >= 0.3 is 0 Å². The van der Waals surface area contributed by atoms with E-state index in [1.807, 2.05) is 30.0 Å². The Hall–Kier alpha value is -2.73. The molecule has 3 rings (SSSR count). The number of hydrogen-bond donors (Lipinski definition) is 2. The molecule has 142 valence electrons. The number of nitrogens with two attached hydrogens (primary N) is 1. The summed E-state index contributed by atoms with van der Waals surface area (Å²) >= 11 is 0. The van der Waals surface area contributed by atoms with E-state index in [4.69, 9.17) is 5.73 Å². The van der Waals surface area contributed by atoms with E-state index in [2.05, 4.69) is 10.3 Å². The van der Waals surface area contributed by atoms with Crippen LogP contribution in [0.2, 0.25) is 0 Å². The molecule has 0 aliphatic carbocycles. The van der Waals surface area contributed by atoms with Crippen LogP contribution in [-0.4, -0.2) is 46.9 Å². The smallest absolute Gasteiger partial charge is 0.251 e. The maximum Gasteiger partial charge on any atom is 0.251 e. The molecule has 1 aliphatic rings. The average Bonchev–Trinajstić information content (AvgIpc) is 3.09. The number of rotatable bonds is 6. The monoisotopic (exact) mass is 366 g/mol. The standard InChI is InChI=1S/C21H26N4O2/c1-15-10-17(12-22)14-25(15)21(27)19(11-16-6-5-9-23-13-16)24-20(26)18-7-3-2-4-8-18/h2-9,13,15,17,19H,10-12,14,22H2,1H3,(H,24,26). The summed E-state index contributed by atoms with van der Waals surface area (Å²) in [7, 11) is 0. The molecule has 3 atom stereocenters. The molecule has 0 saturated carbocycles. The summed E-state index contributed by atoms with van der Waals surface area (Å²) in [5.41, 5.74) is 7.25. The van der Waals surface area contributed by atoms with Gasteiger partial charge < -0.3 is 16.0 Å². The summed E-state index contributed by atoms with van der Waals surface area (Å²) in [5.74, 6) is -0.000494. The molecule has 27 heavy (non-hydrogen) atoms. The highest BCUT2D eigenvalue weighted by Gasteiger charge is 2.35. The molecule has 1 aromatic carbocycles. The minimum absolute atomic E-state index is 0.0633. The van der Waals surface area contributed by atoms with Gasteiger partial charge in [-0.25, -0.2) is 0 Å². The number of nitrogens with zero attached hydrogens (tertiary/aromatic N) is 2. The van der Waals surface area contributed by atoms with E-state index in [9.17, 15) is 9.59 Å². The summed E-state index contributed by atoms with van der Waals surface area (Å²) in [4.78, 5) is 31.9. The molecule has 1 aliphatic heterocycles. The molecule has 1 fully saturated rings. The lowest BCUT2D eigenvalue weighted by Crippen LogP contribution is -2.50. The Morgan fingerprint density at radius 1 is 1.26 bits per heavy atom. The second kappa shape index (κ2) is 8.77. The molecular weight excluding hydrogens is 340 g/mol. The van der Waals surface area contributed by atoms with Crippen LogP contribution in [0, 0.1) is 5.92 Å². The van der Waals surface area contributed by atoms with Gasteiger partial charge in [-0.3, -0.25) is 14.6 Å². The molecule has 6 heteroatoms. The van der Waals surface area contributed by atoms with Crippen LogP contribution in [0.1, 0.15) is 29.3 Å². The fourth-order valence-electron chi connectivity index (χ4n) is 3.61. The third-order valence-electron chi connectivity index (χ3n) is 5.08. The van der Waals surface area contributed by atoms with Crippen LogP contribution in [-0.2, 0) is 11.2 Å². The largest absolute Gasteiger partial charge is 0.340 e. The van der Waals surface area contributed by atoms with Crippen LogP contribution >= 0.6 is 0 Å². The molecule has 3 unspecified atom stereocenters. The van der Waals surface area contributed by atoms with Crippen molar-refractivity contribution in [3.63, 3.8) is 0 Å². The maximum atomic E-state index is 13.2. The second-order valence-corrected chi connectivity index (χ2v) is 7.13. The Labute approximate surface area is 159 Å². The fraction of sp³-hybridized carbons (Fsp3) is 0.381. The van der Waals surface area contributed by atoms with Crippen molar-refractivity contribution in [2.24, 2.45) is 11.7 Å². The first kappa shape index (κ1) is 19.0. The summed E-state index contributed by atoms with van der Waals surface area (Å²) in [5, 5.41) is 2.92. The molecule has 0 spiro atoms. The van der Waals surface area contributed by atoms with Gasteiger partial charge in [0.25, 0.3) is 5.91 Å². The summed E-state index contributed by atoms with van der Waals surface area (Å²) in [6, 6.07) is 12.2. The maximum absolute atomic E-state index is 13.2. The van der Waals surface area contributed by atoms with Gasteiger partial charge in [-0.15, -0.1) is 0 Å². The highest BCUT2D eigenvalue weighted by atomic mass is 16.2. The van der Waals surface area contributed by atoms with Crippen molar-refractivity contribution in [3.8, 4) is 0 Å². The lowest BCUT2D eigenvalue weighted by atomic mass is 10.1. The van der Waals surface area contributed by atoms with Gasteiger partial charge in [-0.05, 0) is 49.6 Å². The zero-order valence-electron chi connectivity index (χ0n) is 15.5. The lowest BCUT2D eigenvalue weighted by Gasteiger charge is -2.27. The van der Waals surface area contributed by atoms with Gasteiger partial charge in [0.2, 0.25) is 5.91 Å². The number of likely N-dealkylation sites (tertiary alicyclic amines) is 1. The third kappa shape index (κ3) is 4.71. The van der Waals surface area contributed by atoms with Crippen LogP contribution < -0.4 is 11.1 Å². The molecule has 3 N–H and O–H groups in total. The first-order chi connectivity index (χ1) is 13.1. The van der Waals surface area contributed by atoms with Gasteiger partial charge in [-0.1, -0.05) is 24.3 Å². The Balaban J connectivity index is 1.79. The molecule has 1 saturated heterocycles. The minimum Gasteiger partial charge on any atom is -0.340 e. The van der Waals surface area contributed by atoms with Crippen molar-refractivity contribution in [3.05, 3.63) is 66.0 Å². The Morgan fingerprint density at radius 2 is 2.04 bits per heavy atom. The fourth-order valence-corrected chi connectivity index (χ4v) is 3.61. The van der Waals surface area contributed by atoms with Crippen molar-refractivity contribution in [2.75, 3.05) is 13.1 Å². The average molecular weight is 366 g/mol. The van der Waals surface area contributed by atoms with Gasteiger partial charge in [0, 0.05) is 37.0 Å². The number of aromatic nitrogens is 1. The number of benzene rings is 1. The number of carbonyl (C=O) groups excluding carboxylic acids is 2. The van der Waals surface area contributed by atoms with Crippen LogP contribution in [0.15, 0.2) is 54.9 Å². The number of hydrogen-bond acceptors (Lipinski definition) is 4. The van der Waals surface area contributed by atoms with Crippen molar-refractivity contribution >= 4 is 11.8 Å². The topological polar surface area (TPSA) is 88.3 Å². The SMILES string of the molecule is CC1CC(CN)CN1C(=O)C(Cc1cccnc1)NC(=O)c1ccccc1. The van der Waals surface area contributed by atoms with E-state index >= 15 is 0 Å². The molecule has 2 amide bonds. The third-order valence-corrected chi connectivity index (χ3v) is 5.08. The molecular formula is C21H26N4O2. The van der Waals surface area contributed by atoms with Gasteiger partial charge in [0.05, 0.1) is 0 Å². The molecule has 6 nitrogen and oxygen atoms in total. The first-order valence-electron chi connectivity index (χ1n) is 9.34. The van der Waals surface area contributed by atoms with Gasteiger partial charge in [0.15, 0.2) is 0 Å².